The zero-order valence-corrected chi connectivity index (χ0v) is 9.54. The van der Waals surface area contributed by atoms with Gasteiger partial charge in [-0.2, -0.15) is 0 Å². The van der Waals surface area contributed by atoms with Crippen LogP contribution in [0.4, 0.5) is 0 Å². The standard InChI is InChI=1S/C10H17Cl2N/c1-8-2-3-9(4-8)6-13-7-10(12)5-11/h5,8-9,13H,2-4,6-7H2,1H3. The van der Waals surface area contributed by atoms with Crippen LogP contribution in [-0.2, 0) is 0 Å². The summed E-state index contributed by atoms with van der Waals surface area (Å²) in [5.41, 5.74) is 1.42. The van der Waals surface area contributed by atoms with Crippen molar-refractivity contribution < 1.29 is 0 Å². The highest BCUT2D eigenvalue weighted by Crippen LogP contribution is 2.29. The Kier molecular flexibility index (Phi) is 5.15. The van der Waals surface area contributed by atoms with Gasteiger partial charge in [-0.15, -0.1) is 0 Å². The Balaban J connectivity index is 2.06. The highest BCUT2D eigenvalue weighted by Gasteiger charge is 2.20. The highest BCUT2D eigenvalue weighted by atomic mass is 35.5. The summed E-state index contributed by atoms with van der Waals surface area (Å²) in [5.74, 6) is 1.75. The van der Waals surface area contributed by atoms with Gasteiger partial charge < -0.3 is 5.32 Å². The molecule has 0 heterocycles. The van der Waals surface area contributed by atoms with Gasteiger partial charge in [-0.3, -0.25) is 0 Å². The normalized spacial score (nSPS) is 29.6. The van der Waals surface area contributed by atoms with Crippen molar-refractivity contribution in [1.82, 2.24) is 5.32 Å². The molecule has 0 saturated heterocycles. The van der Waals surface area contributed by atoms with Gasteiger partial charge in [0, 0.05) is 17.1 Å². The third-order valence-corrected chi connectivity index (χ3v) is 3.27. The molecule has 1 rings (SSSR count). The summed E-state index contributed by atoms with van der Waals surface area (Å²) >= 11 is 11.2. The molecule has 1 aliphatic carbocycles. The smallest absolute Gasteiger partial charge is 0.0431 e. The Labute approximate surface area is 90.5 Å². The topological polar surface area (TPSA) is 12.0 Å². The first kappa shape index (κ1) is 11.4. The number of hydrogen-bond acceptors (Lipinski definition) is 1. The molecule has 1 saturated carbocycles. The Hall–Kier alpha value is 0.280. The van der Waals surface area contributed by atoms with Crippen molar-refractivity contribution in [3.63, 3.8) is 0 Å². The van der Waals surface area contributed by atoms with E-state index in [1.165, 1.54) is 24.8 Å². The second-order valence-electron chi connectivity index (χ2n) is 3.97. The average molecular weight is 222 g/mol. The third kappa shape index (κ3) is 4.35. The van der Waals surface area contributed by atoms with Gasteiger partial charge in [0.05, 0.1) is 0 Å². The molecule has 0 amide bonds. The van der Waals surface area contributed by atoms with Gasteiger partial charge in [-0.05, 0) is 31.2 Å². The summed E-state index contributed by atoms with van der Waals surface area (Å²) < 4.78 is 0. The average Bonchev–Trinajstić information content (AvgIpc) is 2.51. The van der Waals surface area contributed by atoms with E-state index in [2.05, 4.69) is 12.2 Å². The molecule has 1 N–H and O–H groups in total. The summed E-state index contributed by atoms with van der Waals surface area (Å²) in [6.45, 7) is 4.10. The molecular weight excluding hydrogens is 205 g/mol. The van der Waals surface area contributed by atoms with Crippen LogP contribution in [0.3, 0.4) is 0 Å². The Morgan fingerprint density at radius 1 is 1.54 bits per heavy atom. The third-order valence-electron chi connectivity index (χ3n) is 2.65. The fourth-order valence-corrected chi connectivity index (χ4v) is 2.12. The van der Waals surface area contributed by atoms with E-state index < -0.39 is 0 Å². The van der Waals surface area contributed by atoms with Crippen LogP contribution in [0.1, 0.15) is 26.2 Å². The van der Waals surface area contributed by atoms with E-state index in [9.17, 15) is 0 Å². The SMILES string of the molecule is CC1CCC(CNCC(Cl)=CCl)C1. The van der Waals surface area contributed by atoms with Gasteiger partial charge >= 0.3 is 0 Å². The molecule has 0 bridgehead atoms. The molecule has 1 nitrogen and oxygen atoms in total. The number of rotatable bonds is 4. The molecule has 0 aromatic carbocycles. The molecule has 1 fully saturated rings. The van der Waals surface area contributed by atoms with Crippen LogP contribution >= 0.6 is 23.2 Å². The molecule has 2 atom stereocenters. The zero-order chi connectivity index (χ0) is 9.68. The van der Waals surface area contributed by atoms with E-state index in [-0.39, 0.29) is 0 Å². The Morgan fingerprint density at radius 3 is 2.85 bits per heavy atom. The summed E-state index contributed by atoms with van der Waals surface area (Å²) in [7, 11) is 0. The molecule has 76 valence electrons. The molecule has 0 radical (unpaired) electrons. The molecular formula is C10H17Cl2N. The summed E-state index contributed by atoms with van der Waals surface area (Å²) in [4.78, 5) is 0. The zero-order valence-electron chi connectivity index (χ0n) is 8.02. The van der Waals surface area contributed by atoms with Crippen LogP contribution in [0, 0.1) is 11.8 Å². The van der Waals surface area contributed by atoms with E-state index in [1.807, 2.05) is 0 Å². The van der Waals surface area contributed by atoms with Gasteiger partial charge in [0.15, 0.2) is 0 Å². The lowest BCUT2D eigenvalue weighted by Crippen LogP contribution is -2.22. The summed E-state index contributed by atoms with van der Waals surface area (Å²) in [5, 5.41) is 4.00. The Bertz CT molecular complexity index is 180. The van der Waals surface area contributed by atoms with Gasteiger partial charge in [-0.1, -0.05) is 36.5 Å². The molecule has 1 aliphatic rings. The van der Waals surface area contributed by atoms with Gasteiger partial charge in [0.1, 0.15) is 0 Å². The van der Waals surface area contributed by atoms with Crippen molar-refractivity contribution >= 4 is 23.2 Å². The summed E-state index contributed by atoms with van der Waals surface area (Å²) in [6.07, 6.45) is 4.09. The maximum atomic E-state index is 5.75. The fraction of sp³-hybridized carbons (Fsp3) is 0.800. The van der Waals surface area contributed by atoms with E-state index >= 15 is 0 Å². The van der Waals surface area contributed by atoms with Gasteiger partial charge in [0.25, 0.3) is 0 Å². The van der Waals surface area contributed by atoms with Crippen molar-refractivity contribution in [2.75, 3.05) is 13.1 Å². The van der Waals surface area contributed by atoms with Crippen LogP contribution in [0.25, 0.3) is 0 Å². The minimum absolute atomic E-state index is 0.688. The molecule has 13 heavy (non-hydrogen) atoms. The second kappa shape index (κ2) is 5.90. The predicted octanol–water partition coefficient (Wildman–Crippen LogP) is 3.33. The molecule has 0 aromatic heterocycles. The van der Waals surface area contributed by atoms with Crippen molar-refractivity contribution in [3.05, 3.63) is 10.6 Å². The first-order chi connectivity index (χ1) is 6.22. The summed E-state index contributed by atoms with van der Waals surface area (Å²) in [6, 6.07) is 0. The number of hydrogen-bond donors (Lipinski definition) is 1. The first-order valence-corrected chi connectivity index (χ1v) is 5.69. The van der Waals surface area contributed by atoms with Crippen LogP contribution in [-0.4, -0.2) is 13.1 Å². The van der Waals surface area contributed by atoms with Crippen molar-refractivity contribution in [2.45, 2.75) is 26.2 Å². The largest absolute Gasteiger partial charge is 0.311 e. The van der Waals surface area contributed by atoms with E-state index in [1.54, 1.807) is 0 Å². The lowest BCUT2D eigenvalue weighted by atomic mass is 10.1. The molecule has 0 spiro atoms. The van der Waals surface area contributed by atoms with E-state index in [0.29, 0.717) is 11.6 Å². The maximum absolute atomic E-state index is 5.75. The van der Waals surface area contributed by atoms with Crippen LogP contribution < -0.4 is 5.32 Å². The van der Waals surface area contributed by atoms with Gasteiger partial charge in [0.2, 0.25) is 0 Å². The maximum Gasteiger partial charge on any atom is 0.0431 e. The first-order valence-electron chi connectivity index (χ1n) is 4.88. The van der Waals surface area contributed by atoms with E-state index in [0.717, 1.165) is 18.4 Å². The quantitative estimate of drug-likeness (QED) is 0.769. The van der Waals surface area contributed by atoms with Crippen molar-refractivity contribution in [3.8, 4) is 0 Å². The molecule has 0 aliphatic heterocycles. The minimum Gasteiger partial charge on any atom is -0.311 e. The van der Waals surface area contributed by atoms with Crippen LogP contribution in [0.15, 0.2) is 10.6 Å². The fourth-order valence-electron chi connectivity index (χ4n) is 1.94. The molecule has 2 unspecified atom stereocenters. The van der Waals surface area contributed by atoms with Crippen molar-refractivity contribution in [2.24, 2.45) is 11.8 Å². The predicted molar refractivity (Wildman–Crippen MR) is 59.2 cm³/mol. The van der Waals surface area contributed by atoms with E-state index in [4.69, 9.17) is 23.2 Å². The Morgan fingerprint density at radius 2 is 2.31 bits per heavy atom. The number of nitrogens with one attached hydrogen (secondary N) is 1. The lowest BCUT2D eigenvalue weighted by Gasteiger charge is -2.10. The van der Waals surface area contributed by atoms with Crippen LogP contribution in [0.2, 0.25) is 0 Å². The minimum atomic E-state index is 0.688. The molecule has 0 aromatic rings. The number of halogens is 2. The second-order valence-corrected chi connectivity index (χ2v) is 4.67. The van der Waals surface area contributed by atoms with Crippen LogP contribution in [0.5, 0.6) is 0 Å². The molecule has 3 heteroatoms. The van der Waals surface area contributed by atoms with Crippen molar-refractivity contribution in [1.29, 1.82) is 0 Å². The highest BCUT2D eigenvalue weighted by molar-refractivity contribution is 6.36. The lowest BCUT2D eigenvalue weighted by molar-refractivity contribution is 0.482. The van der Waals surface area contributed by atoms with Gasteiger partial charge in [-0.25, -0.2) is 0 Å². The monoisotopic (exact) mass is 221 g/mol.